The number of carbonyl (C=O) groups excluding carboxylic acids is 2. The van der Waals surface area contributed by atoms with Gasteiger partial charge in [0.25, 0.3) is 0 Å². The number of rotatable bonds is 2. The van der Waals surface area contributed by atoms with Crippen molar-refractivity contribution in [1.82, 2.24) is 0 Å². The molecule has 9 heteroatoms. The van der Waals surface area contributed by atoms with Crippen LogP contribution in [-0.2, 0) is 9.59 Å². The number of halogens is 3. The van der Waals surface area contributed by atoms with Gasteiger partial charge in [0.2, 0.25) is 0 Å². The van der Waals surface area contributed by atoms with Crippen molar-refractivity contribution in [1.29, 1.82) is 0 Å². The van der Waals surface area contributed by atoms with Gasteiger partial charge < -0.3 is 12.3 Å². The zero-order valence-electron chi connectivity index (χ0n) is 12.0. The van der Waals surface area contributed by atoms with Crippen molar-refractivity contribution < 1.29 is 50.5 Å². The number of ketones is 2. The van der Waals surface area contributed by atoms with Crippen LogP contribution in [0.25, 0.3) is 0 Å². The fourth-order valence-corrected chi connectivity index (χ4v) is 4.63. The Morgan fingerprint density at radius 2 is 1.50 bits per heavy atom. The van der Waals surface area contributed by atoms with Gasteiger partial charge in [-0.1, -0.05) is 0 Å². The van der Waals surface area contributed by atoms with Gasteiger partial charge in [-0.15, -0.1) is 0 Å². The number of benzene rings is 1. The summed E-state index contributed by atoms with van der Waals surface area (Å²) in [6.45, 7) is 2.50. The van der Waals surface area contributed by atoms with Crippen LogP contribution in [0.2, 0.25) is 0 Å². The van der Waals surface area contributed by atoms with E-state index < -0.39 is 5.97 Å². The van der Waals surface area contributed by atoms with E-state index in [0.29, 0.717) is 18.4 Å². The molecule has 0 unspecified atom stereocenters. The number of hydrogen-bond donors (Lipinski definition) is 2. The van der Waals surface area contributed by atoms with Crippen LogP contribution in [0.4, 0.5) is 5.69 Å². The minimum absolute atomic E-state index is 0. The van der Waals surface area contributed by atoms with Crippen LogP contribution < -0.4 is 35.3 Å². The molecule has 0 bridgehead atoms. The molecule has 0 fully saturated rings. The largest absolute Gasteiger partial charge is 1.00 e. The van der Waals surface area contributed by atoms with Crippen LogP contribution in [0.5, 0.6) is 0 Å². The monoisotopic (exact) mass is 625 g/mol. The first-order valence-corrected chi connectivity index (χ1v) is 8.01. The van der Waals surface area contributed by atoms with Gasteiger partial charge in [0, 0.05) is 21.0 Å². The molecule has 0 heterocycles. The van der Waals surface area contributed by atoms with Crippen molar-refractivity contribution >= 4 is 91.0 Å². The van der Waals surface area contributed by atoms with Crippen molar-refractivity contribution in [3.63, 3.8) is 0 Å². The van der Waals surface area contributed by atoms with Crippen LogP contribution >= 0.6 is 67.8 Å². The second kappa shape index (κ2) is 10.7. The SMILES string of the molecule is CC(=O)C(C)=O.Nc1c(I)cc(I)c(C(=O)O)c1I.[H-].[Na+]. The number of hydrogen-bond acceptors (Lipinski definition) is 4. The maximum absolute atomic E-state index is 10.8. The zero-order chi connectivity index (χ0) is 15.3. The summed E-state index contributed by atoms with van der Waals surface area (Å²) in [5, 5.41) is 8.89. The molecule has 0 spiro atoms. The maximum Gasteiger partial charge on any atom is 1.00 e. The molecule has 0 aliphatic heterocycles. The molecule has 1 aromatic rings. The molecule has 0 radical (unpaired) electrons. The van der Waals surface area contributed by atoms with Gasteiger partial charge in [0.1, 0.15) is 0 Å². The summed E-state index contributed by atoms with van der Waals surface area (Å²) in [4.78, 5) is 30.4. The molecule has 1 rings (SSSR count). The molecule has 0 saturated heterocycles. The molecule has 0 saturated carbocycles. The third-order valence-electron chi connectivity index (χ3n) is 1.92. The van der Waals surface area contributed by atoms with Gasteiger partial charge in [0.05, 0.1) is 14.8 Å². The van der Waals surface area contributed by atoms with E-state index in [0.717, 1.165) is 3.57 Å². The molecular weight excluding hydrogens is 614 g/mol. The third-order valence-corrected chi connectivity index (χ3v) is 4.78. The van der Waals surface area contributed by atoms with E-state index in [-0.39, 0.29) is 42.6 Å². The van der Waals surface area contributed by atoms with Crippen molar-refractivity contribution in [2.45, 2.75) is 13.8 Å². The molecule has 0 aliphatic carbocycles. The Hall–Kier alpha value is 1.02. The summed E-state index contributed by atoms with van der Waals surface area (Å²) >= 11 is 6.04. The zero-order valence-corrected chi connectivity index (χ0v) is 19.4. The molecule has 3 N–H and O–H groups in total. The van der Waals surface area contributed by atoms with Gasteiger partial charge in [-0.05, 0) is 73.8 Å². The van der Waals surface area contributed by atoms with Gasteiger partial charge in [-0.2, -0.15) is 0 Å². The first-order chi connectivity index (χ1) is 8.59. The molecule has 5 nitrogen and oxygen atoms in total. The molecule has 106 valence electrons. The molecule has 0 atom stereocenters. The Kier molecular flexibility index (Phi) is 12.5. The summed E-state index contributed by atoms with van der Waals surface area (Å²) in [6, 6.07) is 1.77. The number of carbonyl (C=O) groups is 3. The summed E-state index contributed by atoms with van der Waals surface area (Å²) < 4.78 is 2.21. The molecule has 0 aliphatic rings. The van der Waals surface area contributed by atoms with E-state index in [4.69, 9.17) is 10.8 Å². The Morgan fingerprint density at radius 3 is 1.80 bits per heavy atom. The van der Waals surface area contributed by atoms with Crippen LogP contribution in [0.15, 0.2) is 6.07 Å². The summed E-state index contributed by atoms with van der Waals surface area (Å²) in [6.07, 6.45) is 0. The van der Waals surface area contributed by atoms with Crippen molar-refractivity contribution in [2.75, 3.05) is 5.73 Å². The second-order valence-electron chi connectivity index (χ2n) is 3.36. The van der Waals surface area contributed by atoms with Crippen LogP contribution in [0.1, 0.15) is 25.6 Å². The van der Waals surface area contributed by atoms with E-state index in [1.807, 2.05) is 45.2 Å². The predicted molar refractivity (Wildman–Crippen MR) is 98.4 cm³/mol. The number of Topliss-reactive ketones (excluding diaryl/α,β-unsaturated/α-hetero) is 2. The molecule has 20 heavy (non-hydrogen) atoms. The Labute approximate surface area is 181 Å². The fraction of sp³-hybridized carbons (Fsp3) is 0.182. The number of carboxylic acids is 1. The van der Waals surface area contributed by atoms with Crippen molar-refractivity contribution in [3.8, 4) is 0 Å². The molecule has 0 aromatic heterocycles. The Morgan fingerprint density at radius 1 is 1.10 bits per heavy atom. The van der Waals surface area contributed by atoms with Gasteiger partial charge >= 0.3 is 35.5 Å². The van der Waals surface area contributed by atoms with Gasteiger partial charge in [-0.3, -0.25) is 9.59 Å². The molecule has 0 amide bonds. The number of nitrogen functional groups attached to an aromatic ring is 1. The second-order valence-corrected chi connectivity index (χ2v) is 6.76. The average Bonchev–Trinajstić information content (AvgIpc) is 2.26. The summed E-state index contributed by atoms with van der Waals surface area (Å²) in [5.41, 5.74) is 6.54. The number of aromatic carboxylic acids is 1. The van der Waals surface area contributed by atoms with Crippen LogP contribution in [-0.4, -0.2) is 22.6 Å². The standard InChI is InChI=1S/C7H4I3NO2.C4H6O2.Na.H/c8-2-1-3(9)6(11)5(10)4(2)7(12)13;1-3(5)4(2)6;;/h1H,11H2,(H,12,13);1-2H3;;/q;;+1;-1. The number of anilines is 1. The smallest absolute Gasteiger partial charge is 1.00 e. The van der Waals surface area contributed by atoms with Crippen LogP contribution in [0.3, 0.4) is 0 Å². The van der Waals surface area contributed by atoms with E-state index in [9.17, 15) is 14.4 Å². The topological polar surface area (TPSA) is 97.5 Å². The Balaban J connectivity index is -0.000000352. The van der Waals surface area contributed by atoms with Crippen LogP contribution in [0, 0.1) is 10.7 Å². The first kappa shape index (κ1) is 23.3. The minimum atomic E-state index is -0.933. The maximum atomic E-state index is 10.8. The molecule has 1 aromatic carbocycles. The third kappa shape index (κ3) is 7.33. The fourth-order valence-electron chi connectivity index (χ4n) is 0.802. The van der Waals surface area contributed by atoms with Crippen molar-refractivity contribution in [2.24, 2.45) is 0 Å². The minimum Gasteiger partial charge on any atom is -1.00 e. The normalized spacial score (nSPS) is 8.85. The van der Waals surface area contributed by atoms with E-state index in [2.05, 4.69) is 22.6 Å². The van der Waals surface area contributed by atoms with Crippen molar-refractivity contribution in [3.05, 3.63) is 22.3 Å². The van der Waals surface area contributed by atoms with Gasteiger partial charge in [-0.25, -0.2) is 4.79 Å². The van der Waals surface area contributed by atoms with E-state index in [1.165, 1.54) is 13.8 Å². The van der Waals surface area contributed by atoms with E-state index in [1.54, 1.807) is 6.07 Å². The predicted octanol–water partition coefficient (Wildman–Crippen LogP) is 0.0617. The Bertz CT molecular complexity index is 543. The van der Waals surface area contributed by atoms with E-state index >= 15 is 0 Å². The summed E-state index contributed by atoms with van der Waals surface area (Å²) in [5.74, 6) is -1.69. The summed E-state index contributed by atoms with van der Waals surface area (Å²) in [7, 11) is 0. The van der Waals surface area contributed by atoms with Gasteiger partial charge in [0.15, 0.2) is 11.6 Å². The number of carboxylic acid groups (broad SMARTS) is 1. The first-order valence-electron chi connectivity index (χ1n) is 4.77. The number of nitrogens with two attached hydrogens (primary N) is 1. The average molecular weight is 625 g/mol. The quantitative estimate of drug-likeness (QED) is 0.210. The molecular formula is C11H11I3NNaO4.